The number of halogens is 1. The molecule has 8 heteroatoms. The van der Waals surface area contributed by atoms with Crippen molar-refractivity contribution in [1.29, 1.82) is 0 Å². The molecule has 0 spiro atoms. The van der Waals surface area contributed by atoms with Gasteiger partial charge in [0.25, 0.3) is 0 Å². The second-order valence-electron chi connectivity index (χ2n) is 8.35. The molecule has 7 nitrogen and oxygen atoms in total. The molecule has 1 amide bonds. The zero-order valence-corrected chi connectivity index (χ0v) is 20.4. The molecule has 0 aliphatic rings. The number of amides is 1. The number of rotatable bonds is 10. The molecule has 0 heterocycles. The molecule has 0 unspecified atom stereocenters. The van der Waals surface area contributed by atoms with E-state index in [2.05, 4.69) is 5.32 Å². The van der Waals surface area contributed by atoms with Crippen LogP contribution in [0.3, 0.4) is 0 Å². The molecule has 178 valence electrons. The first-order chi connectivity index (χ1) is 15.6. The van der Waals surface area contributed by atoms with Gasteiger partial charge in [0, 0.05) is 16.7 Å². The van der Waals surface area contributed by atoms with Gasteiger partial charge < -0.3 is 19.5 Å². The van der Waals surface area contributed by atoms with Crippen LogP contribution >= 0.6 is 11.6 Å². The molecule has 2 aromatic carbocycles. The summed E-state index contributed by atoms with van der Waals surface area (Å²) >= 11 is 6.28. The van der Waals surface area contributed by atoms with Crippen molar-refractivity contribution in [2.75, 3.05) is 25.1 Å². The number of carbonyl (C=O) groups is 3. The highest BCUT2D eigenvalue weighted by molar-refractivity contribution is 6.32. The van der Waals surface area contributed by atoms with Crippen LogP contribution in [0.15, 0.2) is 36.4 Å². The Morgan fingerprint density at radius 1 is 0.970 bits per heavy atom. The molecule has 0 fully saturated rings. The average Bonchev–Trinajstić information content (AvgIpc) is 2.76. The number of hydrogen-bond donors (Lipinski definition) is 1. The zero-order valence-electron chi connectivity index (χ0n) is 19.6. The molecule has 2 rings (SSSR count). The number of esters is 1. The van der Waals surface area contributed by atoms with E-state index in [1.54, 1.807) is 31.2 Å². The molecule has 0 saturated carbocycles. The summed E-state index contributed by atoms with van der Waals surface area (Å²) in [6, 6.07) is 9.30. The van der Waals surface area contributed by atoms with E-state index in [4.69, 9.17) is 25.8 Å². The number of Topliss-reactive ketones (excluding diaryl/α,β-unsaturated/α-hetero) is 1. The number of anilines is 1. The molecule has 2 aromatic rings. The van der Waals surface area contributed by atoms with Gasteiger partial charge in [0.1, 0.15) is 0 Å². The van der Waals surface area contributed by atoms with Crippen LogP contribution in [0.4, 0.5) is 5.69 Å². The minimum absolute atomic E-state index is 0.133. The van der Waals surface area contributed by atoms with Gasteiger partial charge in [0.2, 0.25) is 5.91 Å². The lowest BCUT2D eigenvalue weighted by Gasteiger charge is -2.17. The molecule has 1 N–H and O–H groups in total. The van der Waals surface area contributed by atoms with Gasteiger partial charge in [-0.05, 0) is 49.7 Å². The van der Waals surface area contributed by atoms with E-state index < -0.39 is 18.0 Å². The first-order valence-corrected chi connectivity index (χ1v) is 11.2. The molecule has 0 saturated heterocycles. The van der Waals surface area contributed by atoms with Crippen LogP contribution < -0.4 is 14.8 Å². The van der Waals surface area contributed by atoms with Crippen LogP contribution in [0.5, 0.6) is 11.5 Å². The lowest BCUT2D eigenvalue weighted by Crippen LogP contribution is -2.27. The molecular formula is C25H30ClNO6. The zero-order chi connectivity index (χ0) is 24.6. The Labute approximate surface area is 199 Å². The van der Waals surface area contributed by atoms with Crippen molar-refractivity contribution in [3.8, 4) is 11.5 Å². The second kappa shape index (κ2) is 11.7. The second-order valence-corrected chi connectivity index (χ2v) is 8.75. The Bertz CT molecular complexity index is 995. The predicted octanol–water partition coefficient (Wildman–Crippen LogP) is 5.55. The van der Waals surface area contributed by atoms with Crippen molar-refractivity contribution in [2.24, 2.45) is 5.41 Å². The SMILES string of the molecule is CCCOc1c(Cl)cc(C(=O)OCC(=O)c2ccc(NC(=O)C(C)(C)C)cc2)cc1OCC. The Balaban J connectivity index is 2.03. The molecule has 0 atom stereocenters. The van der Waals surface area contributed by atoms with Crippen LogP contribution in [0.2, 0.25) is 5.02 Å². The fraction of sp³-hybridized carbons (Fsp3) is 0.400. The molecule has 0 bridgehead atoms. The third kappa shape index (κ3) is 7.49. The van der Waals surface area contributed by atoms with Gasteiger partial charge in [-0.3, -0.25) is 9.59 Å². The Morgan fingerprint density at radius 2 is 1.64 bits per heavy atom. The predicted molar refractivity (Wildman–Crippen MR) is 128 cm³/mol. The number of hydrogen-bond acceptors (Lipinski definition) is 6. The maximum Gasteiger partial charge on any atom is 0.338 e. The van der Waals surface area contributed by atoms with Crippen molar-refractivity contribution < 1.29 is 28.6 Å². The highest BCUT2D eigenvalue weighted by atomic mass is 35.5. The van der Waals surface area contributed by atoms with Gasteiger partial charge in [0.05, 0.1) is 23.8 Å². The van der Waals surface area contributed by atoms with E-state index in [0.29, 0.717) is 36.0 Å². The van der Waals surface area contributed by atoms with Crippen molar-refractivity contribution in [1.82, 2.24) is 0 Å². The summed E-state index contributed by atoms with van der Waals surface area (Å²) in [5.74, 6) is -0.513. The maximum atomic E-state index is 12.5. The van der Waals surface area contributed by atoms with E-state index in [1.165, 1.54) is 12.1 Å². The van der Waals surface area contributed by atoms with Crippen molar-refractivity contribution in [3.05, 3.63) is 52.5 Å². The average molecular weight is 476 g/mol. The summed E-state index contributed by atoms with van der Waals surface area (Å²) in [5.41, 5.74) is 0.550. The Kier molecular flexibility index (Phi) is 9.29. The minimum Gasteiger partial charge on any atom is -0.490 e. The fourth-order valence-corrected chi connectivity index (χ4v) is 2.91. The van der Waals surface area contributed by atoms with Gasteiger partial charge in [-0.1, -0.05) is 39.3 Å². The molecule has 33 heavy (non-hydrogen) atoms. The van der Waals surface area contributed by atoms with Gasteiger partial charge in [0.15, 0.2) is 23.9 Å². The monoisotopic (exact) mass is 475 g/mol. The van der Waals surface area contributed by atoms with E-state index in [1.807, 2.05) is 27.7 Å². The largest absolute Gasteiger partial charge is 0.490 e. The van der Waals surface area contributed by atoms with E-state index in [0.717, 1.165) is 6.42 Å². The standard InChI is InChI=1S/C25H30ClNO6/c1-6-12-32-22-19(26)13-17(14-21(22)31-7-2)23(29)33-15-20(28)16-8-10-18(11-9-16)27-24(30)25(3,4)5/h8-11,13-14H,6-7,12,15H2,1-5H3,(H,27,30). The Morgan fingerprint density at radius 3 is 2.21 bits per heavy atom. The quantitative estimate of drug-likeness (QED) is 0.357. The normalized spacial score (nSPS) is 11.0. The molecule has 0 radical (unpaired) electrons. The van der Waals surface area contributed by atoms with Gasteiger partial charge >= 0.3 is 5.97 Å². The maximum absolute atomic E-state index is 12.5. The minimum atomic E-state index is -0.706. The highest BCUT2D eigenvalue weighted by Crippen LogP contribution is 2.37. The van der Waals surface area contributed by atoms with Gasteiger partial charge in [-0.2, -0.15) is 0 Å². The van der Waals surface area contributed by atoms with Crippen LogP contribution in [-0.4, -0.2) is 37.5 Å². The number of nitrogens with one attached hydrogen (secondary N) is 1. The van der Waals surface area contributed by atoms with Crippen molar-refractivity contribution in [2.45, 2.75) is 41.0 Å². The molecular weight excluding hydrogens is 446 g/mol. The lowest BCUT2D eigenvalue weighted by molar-refractivity contribution is -0.123. The summed E-state index contributed by atoms with van der Waals surface area (Å²) < 4.78 is 16.3. The van der Waals surface area contributed by atoms with Gasteiger partial charge in [-0.15, -0.1) is 0 Å². The smallest absolute Gasteiger partial charge is 0.338 e. The number of ether oxygens (including phenoxy) is 3. The third-order valence-electron chi connectivity index (χ3n) is 4.48. The highest BCUT2D eigenvalue weighted by Gasteiger charge is 2.21. The first kappa shape index (κ1) is 26.2. The number of benzene rings is 2. The summed E-state index contributed by atoms with van der Waals surface area (Å²) in [6.45, 7) is 9.58. The molecule has 0 aliphatic carbocycles. The van der Waals surface area contributed by atoms with E-state index in [-0.39, 0.29) is 22.3 Å². The first-order valence-electron chi connectivity index (χ1n) is 10.8. The van der Waals surface area contributed by atoms with Crippen LogP contribution in [0.25, 0.3) is 0 Å². The number of ketones is 1. The van der Waals surface area contributed by atoms with E-state index >= 15 is 0 Å². The summed E-state index contributed by atoms with van der Waals surface area (Å²) in [6.07, 6.45) is 0.789. The summed E-state index contributed by atoms with van der Waals surface area (Å²) in [5, 5.41) is 3.01. The number of carbonyl (C=O) groups excluding carboxylic acids is 3. The molecule has 0 aliphatic heterocycles. The van der Waals surface area contributed by atoms with Crippen molar-refractivity contribution >= 4 is 34.9 Å². The topological polar surface area (TPSA) is 90.9 Å². The van der Waals surface area contributed by atoms with Crippen LogP contribution in [0.1, 0.15) is 61.8 Å². The van der Waals surface area contributed by atoms with E-state index in [9.17, 15) is 14.4 Å². The fourth-order valence-electron chi connectivity index (χ4n) is 2.65. The summed E-state index contributed by atoms with van der Waals surface area (Å²) in [7, 11) is 0. The summed E-state index contributed by atoms with van der Waals surface area (Å²) in [4.78, 5) is 37.0. The lowest BCUT2D eigenvalue weighted by atomic mass is 9.95. The van der Waals surface area contributed by atoms with Crippen LogP contribution in [0, 0.1) is 5.41 Å². The molecule has 0 aromatic heterocycles. The van der Waals surface area contributed by atoms with Crippen molar-refractivity contribution in [3.63, 3.8) is 0 Å². The van der Waals surface area contributed by atoms with Gasteiger partial charge in [-0.25, -0.2) is 4.79 Å². The third-order valence-corrected chi connectivity index (χ3v) is 4.76. The van der Waals surface area contributed by atoms with Crippen LogP contribution in [-0.2, 0) is 9.53 Å². The Hall–Kier alpha value is -3.06.